The van der Waals surface area contributed by atoms with Crippen molar-refractivity contribution in [1.29, 1.82) is 0 Å². The molecule has 0 unspecified atom stereocenters. The molecule has 0 fully saturated rings. The molecular weight excluding hydrogens is 320 g/mol. The highest BCUT2D eigenvalue weighted by Gasteiger charge is 2.02. The summed E-state index contributed by atoms with van der Waals surface area (Å²) in [5.74, 6) is 5.63. The Balaban J connectivity index is 2.16. The highest BCUT2D eigenvalue weighted by molar-refractivity contribution is 9.10. The van der Waals surface area contributed by atoms with E-state index in [1.807, 2.05) is 6.07 Å². The number of nitrogens with two attached hydrogens (primary N) is 1. The second-order valence-electron chi connectivity index (χ2n) is 3.80. The Morgan fingerprint density at radius 3 is 2.83 bits per heavy atom. The van der Waals surface area contributed by atoms with Crippen molar-refractivity contribution in [3.8, 4) is 5.75 Å². The van der Waals surface area contributed by atoms with E-state index in [2.05, 4.69) is 21.4 Å². The molecule has 0 bridgehead atoms. The van der Waals surface area contributed by atoms with Gasteiger partial charge in [0.15, 0.2) is 0 Å². The summed E-state index contributed by atoms with van der Waals surface area (Å²) in [5.41, 5.74) is 2.11. The van der Waals surface area contributed by atoms with Crippen LogP contribution in [0, 0.1) is 0 Å². The second-order valence-corrected chi connectivity index (χ2v) is 5.09. The van der Waals surface area contributed by atoms with Crippen LogP contribution in [-0.4, -0.2) is 12.5 Å². The van der Waals surface area contributed by atoms with Crippen LogP contribution in [0.15, 0.2) is 22.7 Å². The molecule has 100 valence electrons. The Kier molecular flexibility index (Phi) is 7.08. The molecule has 0 heterocycles. The molecule has 1 aromatic rings. The summed E-state index contributed by atoms with van der Waals surface area (Å²) < 4.78 is 6.44. The number of carbonyl (C=O) groups is 1. The Morgan fingerprint density at radius 2 is 2.17 bits per heavy atom. The van der Waals surface area contributed by atoms with Gasteiger partial charge < -0.3 is 4.74 Å². The van der Waals surface area contributed by atoms with Crippen molar-refractivity contribution in [2.24, 2.45) is 5.84 Å². The van der Waals surface area contributed by atoms with Crippen LogP contribution < -0.4 is 16.0 Å². The molecule has 0 atom stereocenters. The van der Waals surface area contributed by atoms with E-state index in [9.17, 15) is 4.79 Å². The van der Waals surface area contributed by atoms with Gasteiger partial charge >= 0.3 is 0 Å². The third kappa shape index (κ3) is 5.71. The first-order valence-electron chi connectivity index (χ1n) is 5.71. The summed E-state index contributed by atoms with van der Waals surface area (Å²) in [4.78, 5) is 10.9. The Hall–Kier alpha value is -0.780. The molecule has 1 aromatic carbocycles. The summed E-state index contributed by atoms with van der Waals surface area (Å²) >= 11 is 9.21. The van der Waals surface area contributed by atoms with Gasteiger partial charge in [0.2, 0.25) is 5.91 Å². The maximum Gasteiger partial charge on any atom is 0.233 e. The number of hydrazine groups is 1. The van der Waals surface area contributed by atoms with Crippen molar-refractivity contribution < 1.29 is 9.53 Å². The van der Waals surface area contributed by atoms with E-state index < -0.39 is 0 Å². The number of carbonyl (C=O) groups excluding carboxylic acids is 1. The lowest BCUT2D eigenvalue weighted by Crippen LogP contribution is -2.29. The summed E-state index contributed by atoms with van der Waals surface area (Å²) in [6.45, 7) is 0.616. The minimum absolute atomic E-state index is 0.128. The Morgan fingerprint density at radius 1 is 1.39 bits per heavy atom. The molecule has 0 radical (unpaired) electrons. The largest absolute Gasteiger partial charge is 0.492 e. The lowest BCUT2D eigenvalue weighted by molar-refractivity contribution is -0.121. The van der Waals surface area contributed by atoms with E-state index in [-0.39, 0.29) is 5.91 Å². The van der Waals surface area contributed by atoms with Crippen molar-refractivity contribution in [3.05, 3.63) is 27.7 Å². The molecule has 0 aliphatic rings. The van der Waals surface area contributed by atoms with Crippen molar-refractivity contribution in [2.45, 2.75) is 25.7 Å². The molecular formula is C12H16BrClN2O2. The number of hydrogen-bond acceptors (Lipinski definition) is 3. The molecule has 0 spiro atoms. The van der Waals surface area contributed by atoms with Gasteiger partial charge in [0.1, 0.15) is 5.75 Å². The number of rotatable bonds is 7. The quantitative estimate of drug-likeness (QED) is 0.348. The third-order valence-corrected chi connectivity index (χ3v) is 3.22. The fourth-order valence-electron chi connectivity index (χ4n) is 1.41. The van der Waals surface area contributed by atoms with Gasteiger partial charge in [-0.25, -0.2) is 5.84 Å². The third-order valence-electron chi connectivity index (χ3n) is 2.36. The fraction of sp³-hybridized carbons (Fsp3) is 0.417. The molecule has 18 heavy (non-hydrogen) atoms. The molecule has 0 aromatic heterocycles. The standard InChI is InChI=1S/C12H16BrClN2O2/c13-10-8-9(14)5-6-11(10)18-7-3-1-2-4-12(17)16-15/h5-6,8H,1-4,7,15H2,(H,16,17). The summed E-state index contributed by atoms with van der Waals surface area (Å²) in [5, 5.41) is 0.669. The maximum absolute atomic E-state index is 10.9. The average molecular weight is 336 g/mol. The zero-order valence-corrected chi connectivity index (χ0v) is 12.3. The zero-order valence-electron chi connectivity index (χ0n) is 9.92. The van der Waals surface area contributed by atoms with Gasteiger partial charge in [-0.15, -0.1) is 0 Å². The highest BCUT2D eigenvalue weighted by Crippen LogP contribution is 2.28. The van der Waals surface area contributed by atoms with E-state index in [4.69, 9.17) is 22.2 Å². The van der Waals surface area contributed by atoms with Crippen molar-refractivity contribution in [3.63, 3.8) is 0 Å². The topological polar surface area (TPSA) is 64.3 Å². The number of hydrogen-bond donors (Lipinski definition) is 2. The molecule has 0 aliphatic heterocycles. The van der Waals surface area contributed by atoms with Gasteiger partial charge in [0, 0.05) is 11.4 Å². The molecule has 1 amide bonds. The van der Waals surface area contributed by atoms with E-state index in [1.165, 1.54) is 0 Å². The van der Waals surface area contributed by atoms with Crippen molar-refractivity contribution >= 4 is 33.4 Å². The number of ether oxygens (including phenoxy) is 1. The maximum atomic E-state index is 10.9. The number of nitrogens with one attached hydrogen (secondary N) is 1. The fourth-order valence-corrected chi connectivity index (χ4v) is 2.21. The molecule has 3 N–H and O–H groups in total. The molecule has 6 heteroatoms. The first kappa shape index (κ1) is 15.3. The van der Waals surface area contributed by atoms with E-state index in [0.29, 0.717) is 18.1 Å². The van der Waals surface area contributed by atoms with E-state index in [1.54, 1.807) is 12.1 Å². The normalized spacial score (nSPS) is 10.2. The van der Waals surface area contributed by atoms with Crippen molar-refractivity contribution in [1.82, 2.24) is 5.43 Å². The van der Waals surface area contributed by atoms with Gasteiger partial charge in [0.25, 0.3) is 0 Å². The van der Waals surface area contributed by atoms with Crippen LogP contribution in [0.2, 0.25) is 5.02 Å². The average Bonchev–Trinajstić information content (AvgIpc) is 2.35. The Labute approximate surface area is 120 Å². The van der Waals surface area contributed by atoms with Crippen LogP contribution in [-0.2, 0) is 4.79 Å². The molecule has 1 rings (SSSR count). The minimum atomic E-state index is -0.128. The van der Waals surface area contributed by atoms with Gasteiger partial charge in [-0.1, -0.05) is 11.6 Å². The first-order chi connectivity index (χ1) is 8.63. The number of unbranched alkanes of at least 4 members (excludes halogenated alkanes) is 2. The van der Waals surface area contributed by atoms with Gasteiger partial charge in [-0.2, -0.15) is 0 Å². The van der Waals surface area contributed by atoms with Crippen LogP contribution in [0.5, 0.6) is 5.75 Å². The lowest BCUT2D eigenvalue weighted by atomic mass is 10.2. The summed E-state index contributed by atoms with van der Waals surface area (Å²) in [6, 6.07) is 5.41. The van der Waals surface area contributed by atoms with Crippen LogP contribution in [0.1, 0.15) is 25.7 Å². The number of benzene rings is 1. The van der Waals surface area contributed by atoms with E-state index >= 15 is 0 Å². The SMILES string of the molecule is NNC(=O)CCCCCOc1ccc(Cl)cc1Br. The minimum Gasteiger partial charge on any atom is -0.492 e. The molecule has 0 saturated carbocycles. The Bertz CT molecular complexity index is 402. The van der Waals surface area contributed by atoms with Crippen LogP contribution >= 0.6 is 27.5 Å². The number of amides is 1. The van der Waals surface area contributed by atoms with Gasteiger partial charge in [-0.05, 0) is 53.4 Å². The van der Waals surface area contributed by atoms with Crippen LogP contribution in [0.25, 0.3) is 0 Å². The zero-order chi connectivity index (χ0) is 13.4. The van der Waals surface area contributed by atoms with E-state index in [0.717, 1.165) is 29.5 Å². The molecule has 0 saturated heterocycles. The first-order valence-corrected chi connectivity index (χ1v) is 6.88. The molecule has 0 aliphatic carbocycles. The van der Waals surface area contributed by atoms with Crippen molar-refractivity contribution in [2.75, 3.05) is 6.61 Å². The lowest BCUT2D eigenvalue weighted by Gasteiger charge is -2.08. The summed E-state index contributed by atoms with van der Waals surface area (Å²) in [6.07, 6.45) is 3.10. The molecule has 4 nitrogen and oxygen atoms in total. The van der Waals surface area contributed by atoms with Crippen LogP contribution in [0.3, 0.4) is 0 Å². The van der Waals surface area contributed by atoms with Gasteiger partial charge in [-0.3, -0.25) is 10.2 Å². The van der Waals surface area contributed by atoms with Crippen LogP contribution in [0.4, 0.5) is 0 Å². The summed E-state index contributed by atoms with van der Waals surface area (Å²) in [7, 11) is 0. The smallest absolute Gasteiger partial charge is 0.233 e. The predicted molar refractivity (Wildman–Crippen MR) is 75.4 cm³/mol. The second kappa shape index (κ2) is 8.34. The monoisotopic (exact) mass is 334 g/mol. The highest BCUT2D eigenvalue weighted by atomic mass is 79.9. The number of halogens is 2. The predicted octanol–water partition coefficient (Wildman–Crippen LogP) is 3.03. The van der Waals surface area contributed by atoms with Gasteiger partial charge in [0.05, 0.1) is 11.1 Å².